The minimum absolute atomic E-state index is 0.417. The molecule has 2 N–H and O–H groups in total. The molecular formula is C6H14N2. The van der Waals surface area contributed by atoms with Crippen LogP contribution in [-0.4, -0.2) is 30.6 Å². The lowest BCUT2D eigenvalue weighted by Crippen LogP contribution is -2.34. The molecule has 0 radical (unpaired) electrons. The van der Waals surface area contributed by atoms with Crippen molar-refractivity contribution < 1.29 is 0 Å². The lowest BCUT2D eigenvalue weighted by molar-refractivity contribution is 0.318. The molecule has 0 aliphatic carbocycles. The van der Waals surface area contributed by atoms with Gasteiger partial charge in [0, 0.05) is 12.1 Å². The van der Waals surface area contributed by atoms with E-state index in [1.54, 1.807) is 0 Å². The van der Waals surface area contributed by atoms with Crippen LogP contribution in [-0.2, 0) is 0 Å². The molecule has 0 bridgehead atoms. The van der Waals surface area contributed by atoms with Gasteiger partial charge in [-0.15, -0.1) is 0 Å². The highest BCUT2D eigenvalue weighted by atomic mass is 15.2. The predicted octanol–water partition coefficient (Wildman–Crippen LogP) is 0.0377. The number of rotatable bonds is 0. The Morgan fingerprint density at radius 1 is 1.62 bits per heavy atom. The van der Waals surface area contributed by atoms with Gasteiger partial charge in [0.25, 0.3) is 0 Å². The summed E-state index contributed by atoms with van der Waals surface area (Å²) in [5, 5.41) is 0. The van der Waals surface area contributed by atoms with E-state index in [1.165, 1.54) is 6.54 Å². The van der Waals surface area contributed by atoms with Crippen LogP contribution in [0.25, 0.3) is 0 Å². The van der Waals surface area contributed by atoms with Crippen molar-refractivity contribution in [3.63, 3.8) is 0 Å². The molecule has 1 unspecified atom stereocenters. The van der Waals surface area contributed by atoms with Crippen molar-refractivity contribution in [1.82, 2.24) is 4.90 Å². The first-order valence-corrected chi connectivity index (χ1v) is 3.17. The average Bonchev–Trinajstić information content (AvgIpc) is 1.98. The maximum absolute atomic E-state index is 5.73. The normalized spacial score (nSPS) is 40.9. The summed E-state index contributed by atoms with van der Waals surface area (Å²) < 4.78 is 0. The zero-order valence-electron chi connectivity index (χ0n) is 5.59. The molecule has 2 heteroatoms. The van der Waals surface area contributed by atoms with E-state index in [1.807, 2.05) is 0 Å². The molecule has 0 saturated carbocycles. The predicted molar refractivity (Wildman–Crippen MR) is 34.7 cm³/mol. The Morgan fingerprint density at radius 3 is 2.38 bits per heavy atom. The first-order chi connectivity index (χ1) is 3.72. The van der Waals surface area contributed by atoms with Crippen molar-refractivity contribution in [2.75, 3.05) is 13.6 Å². The quantitative estimate of drug-likeness (QED) is 0.481. The van der Waals surface area contributed by atoms with Gasteiger partial charge in [-0.05, 0) is 26.9 Å². The summed E-state index contributed by atoms with van der Waals surface area (Å²) in [4.78, 5) is 2.30. The van der Waals surface area contributed by atoms with Crippen LogP contribution in [0.2, 0.25) is 0 Å². The molecule has 0 aromatic heterocycles. The number of likely N-dealkylation sites (tertiary alicyclic amines) is 1. The SMILES string of the molecule is CC1[C@H](N)CCN1C. The Labute approximate surface area is 50.7 Å². The summed E-state index contributed by atoms with van der Waals surface area (Å²) >= 11 is 0. The van der Waals surface area contributed by atoms with Gasteiger partial charge in [-0.25, -0.2) is 0 Å². The Balaban J connectivity index is 2.44. The third-order valence-electron chi connectivity index (χ3n) is 2.13. The third kappa shape index (κ3) is 0.858. The molecule has 0 spiro atoms. The third-order valence-corrected chi connectivity index (χ3v) is 2.13. The largest absolute Gasteiger partial charge is 0.326 e. The Morgan fingerprint density at radius 2 is 2.25 bits per heavy atom. The second-order valence-electron chi connectivity index (χ2n) is 2.67. The molecule has 2 nitrogen and oxygen atoms in total. The summed E-state index contributed by atoms with van der Waals surface area (Å²) in [7, 11) is 2.12. The molecule has 8 heavy (non-hydrogen) atoms. The van der Waals surface area contributed by atoms with Crippen LogP contribution in [0.4, 0.5) is 0 Å². The fraction of sp³-hybridized carbons (Fsp3) is 1.00. The van der Waals surface area contributed by atoms with Gasteiger partial charge in [0.05, 0.1) is 0 Å². The zero-order valence-corrected chi connectivity index (χ0v) is 5.59. The van der Waals surface area contributed by atoms with Gasteiger partial charge < -0.3 is 10.6 Å². The Kier molecular flexibility index (Phi) is 1.54. The molecule has 48 valence electrons. The van der Waals surface area contributed by atoms with Gasteiger partial charge in [0.1, 0.15) is 0 Å². The number of hydrogen-bond acceptors (Lipinski definition) is 2. The van der Waals surface area contributed by atoms with Crippen LogP contribution in [0.3, 0.4) is 0 Å². The van der Waals surface area contributed by atoms with Gasteiger partial charge in [0.15, 0.2) is 0 Å². The fourth-order valence-electron chi connectivity index (χ4n) is 1.12. The molecule has 1 fully saturated rings. The molecule has 0 aromatic carbocycles. The Hall–Kier alpha value is -0.0800. The number of nitrogens with zero attached hydrogens (tertiary/aromatic N) is 1. The van der Waals surface area contributed by atoms with Crippen LogP contribution in [0.1, 0.15) is 13.3 Å². The van der Waals surface area contributed by atoms with E-state index >= 15 is 0 Å². The first kappa shape index (κ1) is 6.05. The van der Waals surface area contributed by atoms with Crippen LogP contribution in [0.5, 0.6) is 0 Å². The highest BCUT2D eigenvalue weighted by molar-refractivity contribution is 4.83. The molecule has 1 saturated heterocycles. The lowest BCUT2D eigenvalue weighted by atomic mass is 10.2. The lowest BCUT2D eigenvalue weighted by Gasteiger charge is -2.16. The standard InChI is InChI=1S/C6H14N2/c1-5-6(7)3-4-8(5)2/h5-6H,3-4,7H2,1-2H3/t5?,6-/m1/s1. The average molecular weight is 114 g/mol. The summed E-state index contributed by atoms with van der Waals surface area (Å²) in [5.41, 5.74) is 5.73. The zero-order chi connectivity index (χ0) is 6.15. The summed E-state index contributed by atoms with van der Waals surface area (Å²) in [6.45, 7) is 3.35. The second-order valence-corrected chi connectivity index (χ2v) is 2.67. The van der Waals surface area contributed by atoms with E-state index in [0.29, 0.717) is 12.1 Å². The summed E-state index contributed by atoms with van der Waals surface area (Å²) in [6.07, 6.45) is 1.16. The van der Waals surface area contributed by atoms with Crippen molar-refractivity contribution >= 4 is 0 Å². The maximum Gasteiger partial charge on any atom is 0.0216 e. The topological polar surface area (TPSA) is 29.3 Å². The van der Waals surface area contributed by atoms with E-state index in [2.05, 4.69) is 18.9 Å². The van der Waals surface area contributed by atoms with Gasteiger partial charge in [-0.2, -0.15) is 0 Å². The van der Waals surface area contributed by atoms with E-state index in [0.717, 1.165) is 6.42 Å². The van der Waals surface area contributed by atoms with Gasteiger partial charge >= 0.3 is 0 Å². The molecule has 1 aliphatic rings. The highest BCUT2D eigenvalue weighted by Gasteiger charge is 2.23. The molecule has 1 rings (SSSR count). The molecule has 1 heterocycles. The smallest absolute Gasteiger partial charge is 0.0216 e. The highest BCUT2D eigenvalue weighted by Crippen LogP contribution is 2.11. The van der Waals surface area contributed by atoms with Crippen molar-refractivity contribution in [3.05, 3.63) is 0 Å². The minimum Gasteiger partial charge on any atom is -0.326 e. The Bertz CT molecular complexity index is 72.6. The van der Waals surface area contributed by atoms with Crippen molar-refractivity contribution in [3.8, 4) is 0 Å². The number of likely N-dealkylation sites (N-methyl/N-ethyl adjacent to an activating group) is 1. The molecule has 2 atom stereocenters. The molecule has 0 aromatic rings. The van der Waals surface area contributed by atoms with E-state index in [9.17, 15) is 0 Å². The van der Waals surface area contributed by atoms with E-state index in [-0.39, 0.29) is 0 Å². The van der Waals surface area contributed by atoms with E-state index < -0.39 is 0 Å². The van der Waals surface area contributed by atoms with Gasteiger partial charge in [0.2, 0.25) is 0 Å². The summed E-state index contributed by atoms with van der Waals surface area (Å²) in [6, 6.07) is 1.01. The second kappa shape index (κ2) is 2.03. The van der Waals surface area contributed by atoms with Gasteiger partial charge in [-0.1, -0.05) is 0 Å². The minimum atomic E-state index is 0.417. The molecular weight excluding hydrogens is 100 g/mol. The fourth-order valence-corrected chi connectivity index (χ4v) is 1.12. The van der Waals surface area contributed by atoms with E-state index in [4.69, 9.17) is 5.73 Å². The van der Waals surface area contributed by atoms with Crippen molar-refractivity contribution in [1.29, 1.82) is 0 Å². The number of hydrogen-bond donors (Lipinski definition) is 1. The maximum atomic E-state index is 5.73. The molecule has 0 amide bonds. The van der Waals surface area contributed by atoms with Crippen LogP contribution in [0.15, 0.2) is 0 Å². The summed E-state index contributed by atoms with van der Waals surface area (Å²) in [5.74, 6) is 0. The monoisotopic (exact) mass is 114 g/mol. The number of nitrogens with two attached hydrogens (primary N) is 1. The van der Waals surface area contributed by atoms with Crippen LogP contribution >= 0.6 is 0 Å². The van der Waals surface area contributed by atoms with Gasteiger partial charge in [-0.3, -0.25) is 0 Å². The van der Waals surface area contributed by atoms with Crippen LogP contribution < -0.4 is 5.73 Å². The molecule has 1 aliphatic heterocycles. The van der Waals surface area contributed by atoms with Crippen molar-refractivity contribution in [2.24, 2.45) is 5.73 Å². The first-order valence-electron chi connectivity index (χ1n) is 3.17. The van der Waals surface area contributed by atoms with Crippen molar-refractivity contribution in [2.45, 2.75) is 25.4 Å². The van der Waals surface area contributed by atoms with Crippen LogP contribution in [0, 0.1) is 0 Å².